The highest BCUT2D eigenvalue weighted by atomic mass is 16.1. The molecule has 0 atom stereocenters. The molecule has 1 amide bonds. The van der Waals surface area contributed by atoms with E-state index >= 15 is 0 Å². The van der Waals surface area contributed by atoms with E-state index in [2.05, 4.69) is 41.5 Å². The van der Waals surface area contributed by atoms with Crippen molar-refractivity contribution in [2.75, 3.05) is 25.0 Å². The van der Waals surface area contributed by atoms with Crippen LogP contribution in [0.4, 0.5) is 5.69 Å². The summed E-state index contributed by atoms with van der Waals surface area (Å²) in [5.74, 6) is -0.0315. The molecule has 19 heavy (non-hydrogen) atoms. The molecule has 1 aromatic carbocycles. The number of hydrogen-bond acceptors (Lipinski definition) is 3. The van der Waals surface area contributed by atoms with Gasteiger partial charge in [0.25, 0.3) is 0 Å². The predicted molar refractivity (Wildman–Crippen MR) is 78.1 cm³/mol. The van der Waals surface area contributed by atoms with Crippen LogP contribution in [0, 0.1) is 0 Å². The van der Waals surface area contributed by atoms with E-state index in [0.29, 0.717) is 0 Å². The van der Waals surface area contributed by atoms with E-state index in [4.69, 9.17) is 0 Å². The van der Waals surface area contributed by atoms with Gasteiger partial charge in [-0.2, -0.15) is 0 Å². The SMILES string of the molecule is CC(=O)Nc1ccc(CN2CCNCC2(C)C)cc1. The van der Waals surface area contributed by atoms with Crippen molar-refractivity contribution in [3.05, 3.63) is 29.8 Å². The van der Waals surface area contributed by atoms with Gasteiger partial charge in [0.05, 0.1) is 0 Å². The van der Waals surface area contributed by atoms with E-state index in [9.17, 15) is 4.79 Å². The Morgan fingerprint density at radius 1 is 1.37 bits per heavy atom. The van der Waals surface area contributed by atoms with Gasteiger partial charge < -0.3 is 10.6 Å². The smallest absolute Gasteiger partial charge is 0.221 e. The summed E-state index contributed by atoms with van der Waals surface area (Å²) < 4.78 is 0. The molecular weight excluding hydrogens is 238 g/mol. The molecule has 0 radical (unpaired) electrons. The van der Waals surface area contributed by atoms with Crippen molar-refractivity contribution in [2.45, 2.75) is 32.9 Å². The van der Waals surface area contributed by atoms with Crippen molar-refractivity contribution in [1.29, 1.82) is 0 Å². The van der Waals surface area contributed by atoms with E-state index in [1.54, 1.807) is 0 Å². The van der Waals surface area contributed by atoms with Gasteiger partial charge in [-0.15, -0.1) is 0 Å². The van der Waals surface area contributed by atoms with Crippen LogP contribution in [0.15, 0.2) is 24.3 Å². The summed E-state index contributed by atoms with van der Waals surface area (Å²) in [6, 6.07) is 8.10. The average molecular weight is 261 g/mol. The lowest BCUT2D eigenvalue weighted by Gasteiger charge is -2.42. The molecule has 1 aliphatic rings. The van der Waals surface area contributed by atoms with Crippen molar-refractivity contribution >= 4 is 11.6 Å². The molecule has 0 aromatic heterocycles. The average Bonchev–Trinajstić information content (AvgIpc) is 2.33. The van der Waals surface area contributed by atoms with Gasteiger partial charge in [-0.05, 0) is 31.5 Å². The van der Waals surface area contributed by atoms with Gasteiger partial charge in [-0.25, -0.2) is 0 Å². The molecule has 0 saturated carbocycles. The molecule has 0 aliphatic carbocycles. The van der Waals surface area contributed by atoms with Crippen molar-refractivity contribution in [2.24, 2.45) is 0 Å². The van der Waals surface area contributed by atoms with Crippen LogP contribution in [-0.4, -0.2) is 36.0 Å². The van der Waals surface area contributed by atoms with Gasteiger partial charge in [0, 0.05) is 44.3 Å². The predicted octanol–water partition coefficient (Wildman–Crippen LogP) is 1.83. The molecule has 2 rings (SSSR count). The Balaban J connectivity index is 2.00. The van der Waals surface area contributed by atoms with Crippen molar-refractivity contribution in [1.82, 2.24) is 10.2 Å². The maximum absolute atomic E-state index is 11.0. The lowest BCUT2D eigenvalue weighted by molar-refractivity contribution is -0.114. The third-order valence-electron chi connectivity index (χ3n) is 3.62. The fraction of sp³-hybridized carbons (Fsp3) is 0.533. The minimum atomic E-state index is -0.0315. The number of benzene rings is 1. The molecule has 1 heterocycles. The highest BCUT2D eigenvalue weighted by Crippen LogP contribution is 2.20. The number of carbonyl (C=O) groups is 1. The van der Waals surface area contributed by atoms with Crippen molar-refractivity contribution in [3.8, 4) is 0 Å². The van der Waals surface area contributed by atoms with Gasteiger partial charge in [-0.3, -0.25) is 9.69 Å². The second kappa shape index (κ2) is 5.72. The van der Waals surface area contributed by atoms with Crippen LogP contribution in [0.25, 0.3) is 0 Å². The summed E-state index contributed by atoms with van der Waals surface area (Å²) in [5.41, 5.74) is 2.33. The molecule has 104 valence electrons. The molecule has 1 aromatic rings. The fourth-order valence-corrected chi connectivity index (χ4v) is 2.43. The minimum Gasteiger partial charge on any atom is -0.326 e. The largest absolute Gasteiger partial charge is 0.326 e. The molecule has 1 aliphatic heterocycles. The summed E-state index contributed by atoms with van der Waals surface area (Å²) in [5, 5.41) is 6.22. The first-order valence-corrected chi connectivity index (χ1v) is 6.80. The number of nitrogens with zero attached hydrogens (tertiary/aromatic N) is 1. The van der Waals surface area contributed by atoms with Crippen LogP contribution >= 0.6 is 0 Å². The number of carbonyl (C=O) groups excluding carboxylic acids is 1. The number of anilines is 1. The standard InChI is InChI=1S/C15H23N3O/c1-12(19)17-14-6-4-13(5-7-14)10-18-9-8-16-11-15(18,2)3/h4-7,16H,8-11H2,1-3H3,(H,17,19). The third-order valence-corrected chi connectivity index (χ3v) is 3.62. The zero-order chi connectivity index (χ0) is 13.9. The molecule has 2 N–H and O–H groups in total. The Bertz CT molecular complexity index is 439. The van der Waals surface area contributed by atoms with Crippen molar-refractivity contribution in [3.63, 3.8) is 0 Å². The number of piperazine rings is 1. The van der Waals surface area contributed by atoms with Gasteiger partial charge in [0.1, 0.15) is 0 Å². The zero-order valence-corrected chi connectivity index (χ0v) is 12.0. The topological polar surface area (TPSA) is 44.4 Å². The zero-order valence-electron chi connectivity index (χ0n) is 12.0. The summed E-state index contributed by atoms with van der Waals surface area (Å²) in [4.78, 5) is 13.5. The summed E-state index contributed by atoms with van der Waals surface area (Å²) >= 11 is 0. The van der Waals surface area contributed by atoms with Gasteiger partial charge >= 0.3 is 0 Å². The Hall–Kier alpha value is -1.39. The van der Waals surface area contributed by atoms with Crippen LogP contribution in [-0.2, 0) is 11.3 Å². The lowest BCUT2D eigenvalue weighted by atomic mass is 9.99. The van der Waals surface area contributed by atoms with E-state index in [1.807, 2.05) is 12.1 Å². The first kappa shape index (κ1) is 14.0. The first-order valence-electron chi connectivity index (χ1n) is 6.80. The fourth-order valence-electron chi connectivity index (χ4n) is 2.43. The van der Waals surface area contributed by atoms with Crippen molar-refractivity contribution < 1.29 is 4.79 Å². The van der Waals surface area contributed by atoms with Gasteiger partial charge in [0.2, 0.25) is 5.91 Å². The molecule has 4 nitrogen and oxygen atoms in total. The normalized spacial score (nSPS) is 19.1. The van der Waals surface area contributed by atoms with Gasteiger partial charge in [-0.1, -0.05) is 12.1 Å². The Morgan fingerprint density at radius 3 is 2.63 bits per heavy atom. The summed E-state index contributed by atoms with van der Waals surface area (Å²) in [6.45, 7) is 10.2. The number of amides is 1. The van der Waals surface area contributed by atoms with Crippen LogP contribution in [0.2, 0.25) is 0 Å². The number of hydrogen-bond donors (Lipinski definition) is 2. The Labute approximate surface area is 115 Å². The second-order valence-electron chi connectivity index (χ2n) is 5.79. The first-order chi connectivity index (χ1) is 8.97. The van der Waals surface area contributed by atoms with Crippen LogP contribution in [0.3, 0.4) is 0 Å². The molecule has 0 spiro atoms. The second-order valence-corrected chi connectivity index (χ2v) is 5.79. The number of rotatable bonds is 3. The van der Waals surface area contributed by atoms with E-state index in [-0.39, 0.29) is 11.4 Å². The lowest BCUT2D eigenvalue weighted by Crippen LogP contribution is -2.57. The maximum atomic E-state index is 11.0. The Morgan fingerprint density at radius 2 is 2.05 bits per heavy atom. The maximum Gasteiger partial charge on any atom is 0.221 e. The third kappa shape index (κ3) is 3.78. The highest BCUT2D eigenvalue weighted by Gasteiger charge is 2.29. The van der Waals surface area contributed by atoms with Gasteiger partial charge in [0.15, 0.2) is 0 Å². The molecule has 4 heteroatoms. The van der Waals surface area contributed by atoms with Crippen LogP contribution in [0.5, 0.6) is 0 Å². The monoisotopic (exact) mass is 261 g/mol. The molecule has 0 bridgehead atoms. The molecule has 1 fully saturated rings. The summed E-state index contributed by atoms with van der Waals surface area (Å²) in [6.07, 6.45) is 0. The highest BCUT2D eigenvalue weighted by molar-refractivity contribution is 5.88. The Kier molecular flexibility index (Phi) is 4.22. The minimum absolute atomic E-state index is 0.0315. The summed E-state index contributed by atoms with van der Waals surface area (Å²) in [7, 11) is 0. The molecule has 0 unspecified atom stereocenters. The quantitative estimate of drug-likeness (QED) is 0.872. The molecular formula is C15H23N3O. The van der Waals surface area contributed by atoms with Crippen LogP contribution < -0.4 is 10.6 Å². The van der Waals surface area contributed by atoms with E-state index in [1.165, 1.54) is 12.5 Å². The van der Waals surface area contributed by atoms with Crippen LogP contribution in [0.1, 0.15) is 26.3 Å². The van der Waals surface area contributed by atoms with E-state index in [0.717, 1.165) is 31.9 Å². The number of nitrogens with one attached hydrogen (secondary N) is 2. The van der Waals surface area contributed by atoms with E-state index < -0.39 is 0 Å². The molecule has 1 saturated heterocycles.